The van der Waals surface area contributed by atoms with Crippen LogP contribution in [0.15, 0.2) is 0 Å². The normalized spacial score (nSPS) is 0. The number of hydrogen-bond donors (Lipinski definition) is 0. The van der Waals surface area contributed by atoms with Gasteiger partial charge in [-0.3, -0.25) is 0 Å². The van der Waals surface area contributed by atoms with Crippen LogP contribution in [0.4, 0.5) is 0 Å². The fourth-order valence-corrected chi connectivity index (χ4v) is 0. The van der Waals surface area contributed by atoms with Crippen LogP contribution in [0.3, 0.4) is 0 Å². The maximum atomic E-state index is 0. The Balaban J connectivity index is 0. The van der Waals surface area contributed by atoms with Gasteiger partial charge in [0, 0.05) is 82.2 Å². The maximum absolute atomic E-state index is 0. The largest absolute Gasteiger partial charge is 2.00 e. The fraction of sp³-hybridized carbons (Fsp3) is 0. The Morgan fingerprint density at radius 3 is 1.17 bits per heavy atom. The Bertz CT molecular complexity index is 22.0. The molecule has 0 spiro atoms. The van der Waals surface area contributed by atoms with E-state index in [-0.39, 0.29) is 134 Å². The van der Waals surface area contributed by atoms with Crippen molar-refractivity contribution >= 4 is 76.6 Å². The zero-order valence-electron chi connectivity index (χ0n) is 5.09. The molecular weight excluding hydrogens is 648 g/mol. The molecule has 0 bridgehead atoms. The van der Waals surface area contributed by atoms with Gasteiger partial charge in [-0.2, -0.15) is 0 Å². The van der Waals surface area contributed by atoms with Crippen molar-refractivity contribution in [3.05, 3.63) is 0 Å². The molecule has 0 aromatic heterocycles. The second-order valence-electron chi connectivity index (χ2n) is 0. The third-order valence-corrected chi connectivity index (χ3v) is 0. The molecule has 0 rings (SSSR count). The Hall–Kier alpha value is 4.29. The van der Waals surface area contributed by atoms with E-state index in [9.17, 15) is 0 Å². The molecular formula is H5BiCoFeMgMoTl. The van der Waals surface area contributed by atoms with E-state index in [0.29, 0.717) is 0 Å². The van der Waals surface area contributed by atoms with Crippen LogP contribution in [0.25, 0.3) is 0 Å². The predicted octanol–water partition coefficient (Wildman–Crippen LogP) is -1.73. The minimum atomic E-state index is 0. The van der Waals surface area contributed by atoms with Crippen LogP contribution in [-0.2, 0) is 54.9 Å². The molecule has 38 valence electrons. The first kappa shape index (κ1) is 48.3. The first-order valence-electron chi connectivity index (χ1n) is 0. The van der Waals surface area contributed by atoms with Crippen LogP contribution in [0.1, 0.15) is 2.85 Å². The van der Waals surface area contributed by atoms with Crippen molar-refractivity contribution in [2.75, 3.05) is 0 Å². The van der Waals surface area contributed by atoms with E-state index in [4.69, 9.17) is 0 Å². The molecule has 0 aliphatic heterocycles. The number of hydrogen-bond acceptors (Lipinski definition) is 0. The van der Waals surface area contributed by atoms with Crippen LogP contribution in [0, 0.1) is 0 Å². The molecule has 0 heterocycles. The molecule has 0 N–H and O–H groups in total. The molecule has 0 nitrogen and oxygen atoms in total. The molecule has 0 unspecified atom stereocenters. The fourth-order valence-electron chi connectivity index (χ4n) is 0. The van der Waals surface area contributed by atoms with Crippen molar-refractivity contribution in [2.45, 2.75) is 0 Å². The smallest absolute Gasteiger partial charge is 1.00 e. The second kappa shape index (κ2) is 34.7. The van der Waals surface area contributed by atoms with Crippen LogP contribution in [0.5, 0.6) is 0 Å². The Morgan fingerprint density at radius 1 is 1.17 bits per heavy atom. The summed E-state index contributed by atoms with van der Waals surface area (Å²) in [6, 6.07) is 0. The third-order valence-electron chi connectivity index (χ3n) is 0. The van der Waals surface area contributed by atoms with Crippen molar-refractivity contribution in [1.29, 1.82) is 0 Å². The Labute approximate surface area is 131 Å². The molecule has 2 radical (unpaired) electrons. The molecule has 0 amide bonds. The summed E-state index contributed by atoms with van der Waals surface area (Å²) in [6.07, 6.45) is 0. The summed E-state index contributed by atoms with van der Waals surface area (Å²) in [5, 5.41) is 0. The Kier molecular flexibility index (Phi) is 279. The summed E-state index contributed by atoms with van der Waals surface area (Å²) in [6.45, 7) is 0. The maximum Gasteiger partial charge on any atom is 2.00 e. The monoisotopic (exact) mass is 656 g/mol. The molecule has 6 heteroatoms. The summed E-state index contributed by atoms with van der Waals surface area (Å²) >= 11 is 0. The first-order valence-corrected chi connectivity index (χ1v) is 0. The average molecular weight is 653 g/mol. The van der Waals surface area contributed by atoms with E-state index in [1.165, 1.54) is 0 Å². The van der Waals surface area contributed by atoms with Gasteiger partial charge in [-0.1, -0.05) is 0 Å². The number of rotatable bonds is 0. The molecule has 0 fully saturated rings. The van der Waals surface area contributed by atoms with Gasteiger partial charge in [0.2, 0.25) is 0 Å². The van der Waals surface area contributed by atoms with Crippen molar-refractivity contribution < 1.29 is 57.8 Å². The van der Waals surface area contributed by atoms with E-state index in [1.807, 2.05) is 0 Å². The molecule has 0 aromatic carbocycles. The topological polar surface area (TPSA) is 0 Å². The third kappa shape index (κ3) is 23.9. The SMILES string of the molecule is [BiH3].[Co].[Fe].[H-].[H-].[Mg+2].[Mo].[Tl]. The van der Waals surface area contributed by atoms with Gasteiger partial charge in [0.05, 0.1) is 0 Å². The van der Waals surface area contributed by atoms with Gasteiger partial charge in [0.1, 0.15) is 0 Å². The van der Waals surface area contributed by atoms with Crippen molar-refractivity contribution in [2.24, 2.45) is 0 Å². The van der Waals surface area contributed by atoms with Gasteiger partial charge in [-0.15, -0.1) is 0 Å². The first-order chi connectivity index (χ1) is 0. The van der Waals surface area contributed by atoms with Crippen LogP contribution < -0.4 is 0 Å². The Morgan fingerprint density at radius 2 is 1.17 bits per heavy atom. The van der Waals surface area contributed by atoms with E-state index < -0.39 is 0 Å². The van der Waals surface area contributed by atoms with E-state index >= 15 is 0 Å². The van der Waals surface area contributed by atoms with Gasteiger partial charge in [-0.25, -0.2) is 0 Å². The van der Waals surface area contributed by atoms with Gasteiger partial charge in [-0.05, 0) is 0 Å². The summed E-state index contributed by atoms with van der Waals surface area (Å²) in [5.41, 5.74) is 0. The van der Waals surface area contributed by atoms with Crippen molar-refractivity contribution in [3.63, 3.8) is 0 Å². The molecule has 0 atom stereocenters. The summed E-state index contributed by atoms with van der Waals surface area (Å²) in [4.78, 5) is 0. The average Bonchev–Trinajstić information content (AvgIpc) is 0. The van der Waals surface area contributed by atoms with E-state index in [0.717, 1.165) is 0 Å². The summed E-state index contributed by atoms with van der Waals surface area (Å²) in [7, 11) is 0. The van der Waals surface area contributed by atoms with Gasteiger partial charge in [0.15, 0.2) is 0 Å². The van der Waals surface area contributed by atoms with Crippen LogP contribution >= 0.6 is 0 Å². The quantitative estimate of drug-likeness (QED) is 0.273. The standard InChI is InChI=1S/Bi.Co.Fe.Mg.Mo.Tl.5H/q;;;+2;;;;;;2*-1. The second-order valence-corrected chi connectivity index (χ2v) is 0. The van der Waals surface area contributed by atoms with E-state index in [1.54, 1.807) is 0 Å². The molecule has 0 aromatic rings. The van der Waals surface area contributed by atoms with Crippen LogP contribution in [-0.4, -0.2) is 76.6 Å². The van der Waals surface area contributed by atoms with Crippen molar-refractivity contribution in [1.82, 2.24) is 0 Å². The van der Waals surface area contributed by atoms with Crippen LogP contribution in [0.2, 0.25) is 0 Å². The van der Waals surface area contributed by atoms with Gasteiger partial charge < -0.3 is 2.85 Å². The minimum Gasteiger partial charge on any atom is -1.00 e. The summed E-state index contributed by atoms with van der Waals surface area (Å²) < 4.78 is 0. The predicted molar refractivity (Wildman–Crippen MR) is 23.7 cm³/mol. The molecule has 0 aliphatic rings. The zero-order valence-corrected chi connectivity index (χ0v) is 18.6. The zero-order chi connectivity index (χ0) is 0. The van der Waals surface area contributed by atoms with Crippen molar-refractivity contribution in [3.8, 4) is 0 Å². The van der Waals surface area contributed by atoms with Gasteiger partial charge >= 0.3 is 49.3 Å². The van der Waals surface area contributed by atoms with E-state index in [2.05, 4.69) is 0 Å². The minimum absolute atomic E-state index is 0. The molecule has 0 saturated carbocycles. The molecule has 0 saturated heterocycles. The van der Waals surface area contributed by atoms with Gasteiger partial charge in [0.25, 0.3) is 0 Å². The molecule has 6 heavy (non-hydrogen) atoms. The summed E-state index contributed by atoms with van der Waals surface area (Å²) in [5.74, 6) is 0. The molecule has 0 aliphatic carbocycles.